The number of aromatic hydroxyl groups is 1. The topological polar surface area (TPSA) is 45.1 Å². The second-order valence-corrected chi connectivity index (χ2v) is 6.69. The van der Waals surface area contributed by atoms with Crippen molar-refractivity contribution in [3.8, 4) is 17.6 Å². The lowest BCUT2D eigenvalue weighted by molar-refractivity contribution is 0.462. The number of benzene rings is 1. The van der Waals surface area contributed by atoms with Crippen molar-refractivity contribution in [1.29, 1.82) is 0 Å². The van der Waals surface area contributed by atoms with Crippen molar-refractivity contribution in [2.45, 2.75) is 52.5 Å². The maximum absolute atomic E-state index is 10.2. The maximum Gasteiger partial charge on any atom is 0.133 e. The number of hydrogen-bond donors (Lipinski definition) is 2. The first-order chi connectivity index (χ1) is 13.1. The molecule has 0 aliphatic carbocycles. The lowest BCUT2D eigenvalue weighted by Gasteiger charge is -2.11. The molecule has 0 atom stereocenters. The monoisotopic (exact) mass is 402 g/mol. The molecule has 2 rings (SSSR count). The lowest BCUT2D eigenvalue weighted by atomic mass is 10.1. The fraction of sp³-hybridized carbons (Fsp3) is 0.318. The molecule has 1 heterocycles. The molecule has 0 fully saturated rings. The molecule has 2 N–H and O–H groups in total. The number of nitrogens with one attached hydrogen (secondary N) is 1. The number of phenols is 1. The van der Waals surface area contributed by atoms with E-state index in [0.717, 1.165) is 23.2 Å². The third kappa shape index (κ3) is 6.95. The molecule has 0 bridgehead atoms. The number of nitrogens with zero attached hydrogens (tertiary/aromatic N) is 1. The fourth-order valence-electron chi connectivity index (χ4n) is 2.33. The van der Waals surface area contributed by atoms with Gasteiger partial charge in [0.2, 0.25) is 0 Å². The third-order valence-electron chi connectivity index (χ3n) is 3.53. The fourth-order valence-corrected chi connectivity index (χ4v) is 3.35. The van der Waals surface area contributed by atoms with Crippen LogP contribution in [0.1, 0.15) is 56.5 Å². The quantitative estimate of drug-likeness (QED) is 0.435. The van der Waals surface area contributed by atoms with Gasteiger partial charge in [0.25, 0.3) is 0 Å². The zero-order valence-electron chi connectivity index (χ0n) is 16.6. The van der Waals surface area contributed by atoms with Gasteiger partial charge < -0.3 is 5.11 Å². The average Bonchev–Trinajstić information content (AvgIpc) is 2.65. The second-order valence-electron chi connectivity index (χ2n) is 5.38. The highest BCUT2D eigenvalue weighted by atomic mass is 35.5. The standard InChI is InChI=1S/C20H21ClN2OS.C2H6/c1-4-6-8-17-14(3)22-10-9-16(17)13-23-25-20-18(21)11-15(7-5-2)12-19(20)24;1-2/h6,8-12,23-24H,4,13H2,1-3H3;1-2H3/b8-6-;. The molecule has 0 aliphatic heterocycles. The summed E-state index contributed by atoms with van der Waals surface area (Å²) in [5.74, 6) is 5.81. The van der Waals surface area contributed by atoms with Crippen LogP contribution in [0.3, 0.4) is 0 Å². The van der Waals surface area contributed by atoms with Gasteiger partial charge in [0.15, 0.2) is 0 Å². The third-order valence-corrected chi connectivity index (χ3v) is 4.86. The van der Waals surface area contributed by atoms with Gasteiger partial charge in [-0.25, -0.2) is 0 Å². The molecule has 0 amide bonds. The summed E-state index contributed by atoms with van der Waals surface area (Å²) in [5.41, 5.74) is 3.97. The lowest BCUT2D eigenvalue weighted by Crippen LogP contribution is -2.06. The number of pyridine rings is 1. The van der Waals surface area contributed by atoms with Gasteiger partial charge >= 0.3 is 0 Å². The van der Waals surface area contributed by atoms with E-state index >= 15 is 0 Å². The molecular weight excluding hydrogens is 376 g/mol. The van der Waals surface area contributed by atoms with E-state index < -0.39 is 0 Å². The van der Waals surface area contributed by atoms with Crippen molar-refractivity contribution in [1.82, 2.24) is 9.71 Å². The molecule has 0 aliphatic rings. The Labute approximate surface area is 172 Å². The van der Waals surface area contributed by atoms with E-state index in [9.17, 15) is 5.11 Å². The van der Waals surface area contributed by atoms with Crippen LogP contribution in [-0.4, -0.2) is 10.1 Å². The van der Waals surface area contributed by atoms with Crippen molar-refractivity contribution in [2.75, 3.05) is 0 Å². The number of allylic oxidation sites excluding steroid dienone is 1. The summed E-state index contributed by atoms with van der Waals surface area (Å²) >= 11 is 7.58. The number of hydrogen-bond acceptors (Lipinski definition) is 4. The Balaban J connectivity index is 0.00000176. The first-order valence-electron chi connectivity index (χ1n) is 9.02. The molecule has 0 saturated carbocycles. The van der Waals surface area contributed by atoms with Crippen molar-refractivity contribution >= 4 is 29.6 Å². The van der Waals surface area contributed by atoms with Gasteiger partial charge in [-0.2, -0.15) is 0 Å². The predicted octanol–water partition coefficient (Wildman–Crippen LogP) is 6.37. The molecule has 144 valence electrons. The molecule has 2 aromatic rings. The molecule has 27 heavy (non-hydrogen) atoms. The van der Waals surface area contributed by atoms with Gasteiger partial charge in [0, 0.05) is 24.0 Å². The van der Waals surface area contributed by atoms with Crippen LogP contribution < -0.4 is 4.72 Å². The van der Waals surface area contributed by atoms with E-state index in [0.29, 0.717) is 22.0 Å². The Hall–Kier alpha value is -1.93. The SMILES string of the molecule is CC.CC#Cc1cc(O)c(SNCc2ccnc(C)c2/C=C\CC)c(Cl)c1. The van der Waals surface area contributed by atoms with Gasteiger partial charge in [0.05, 0.1) is 9.92 Å². The van der Waals surface area contributed by atoms with Crippen LogP contribution in [0, 0.1) is 18.8 Å². The zero-order valence-corrected chi connectivity index (χ0v) is 18.1. The minimum Gasteiger partial charge on any atom is -0.507 e. The highest BCUT2D eigenvalue weighted by Crippen LogP contribution is 2.35. The molecule has 0 unspecified atom stereocenters. The van der Waals surface area contributed by atoms with Crippen LogP contribution in [0.5, 0.6) is 5.75 Å². The first-order valence-corrected chi connectivity index (χ1v) is 10.2. The van der Waals surface area contributed by atoms with E-state index in [1.54, 1.807) is 19.1 Å². The van der Waals surface area contributed by atoms with Gasteiger partial charge in [-0.15, -0.1) is 5.92 Å². The zero-order chi connectivity index (χ0) is 20.2. The Morgan fingerprint density at radius 2 is 2.07 bits per heavy atom. The highest BCUT2D eigenvalue weighted by molar-refractivity contribution is 7.97. The number of phenolic OH excluding ortho intramolecular Hbond substituents is 1. The number of aromatic nitrogens is 1. The normalized spacial score (nSPS) is 10.1. The molecule has 1 aromatic carbocycles. The second kappa shape index (κ2) is 12.5. The van der Waals surface area contributed by atoms with E-state index in [4.69, 9.17) is 11.6 Å². The van der Waals surface area contributed by atoms with Gasteiger partial charge in [-0.3, -0.25) is 9.71 Å². The Morgan fingerprint density at radius 1 is 1.33 bits per heavy atom. The van der Waals surface area contributed by atoms with Crippen molar-refractivity contribution in [3.05, 3.63) is 57.9 Å². The van der Waals surface area contributed by atoms with E-state index in [1.807, 2.05) is 33.0 Å². The summed E-state index contributed by atoms with van der Waals surface area (Å²) in [4.78, 5) is 4.95. The summed E-state index contributed by atoms with van der Waals surface area (Å²) < 4.78 is 3.27. The van der Waals surface area contributed by atoms with Crippen molar-refractivity contribution in [3.63, 3.8) is 0 Å². The Bertz CT molecular complexity index is 815. The summed E-state index contributed by atoms with van der Waals surface area (Å²) in [7, 11) is 0. The van der Waals surface area contributed by atoms with E-state index in [2.05, 4.69) is 40.6 Å². The minimum absolute atomic E-state index is 0.125. The molecular formula is C22H27ClN2OS. The maximum atomic E-state index is 10.2. The van der Waals surface area contributed by atoms with Gasteiger partial charge in [-0.1, -0.05) is 50.4 Å². The molecule has 0 radical (unpaired) electrons. The molecule has 5 heteroatoms. The van der Waals surface area contributed by atoms with Crippen LogP contribution in [0.25, 0.3) is 6.08 Å². The van der Waals surface area contributed by atoms with Gasteiger partial charge in [0.1, 0.15) is 5.75 Å². The van der Waals surface area contributed by atoms with Crippen molar-refractivity contribution < 1.29 is 5.11 Å². The molecule has 0 saturated heterocycles. The largest absolute Gasteiger partial charge is 0.507 e. The van der Waals surface area contributed by atoms with Gasteiger partial charge in [-0.05, 0) is 61.5 Å². The predicted molar refractivity (Wildman–Crippen MR) is 118 cm³/mol. The number of rotatable bonds is 6. The first kappa shape index (κ1) is 23.1. The van der Waals surface area contributed by atoms with Crippen LogP contribution >= 0.6 is 23.5 Å². The van der Waals surface area contributed by atoms with Crippen molar-refractivity contribution in [2.24, 2.45) is 0 Å². The summed E-state index contributed by atoms with van der Waals surface area (Å²) in [6, 6.07) is 5.38. The Kier molecular flexibility index (Phi) is 10.7. The molecule has 3 nitrogen and oxygen atoms in total. The molecule has 1 aromatic heterocycles. The number of aryl methyl sites for hydroxylation is 1. The number of halogens is 1. The summed E-state index contributed by atoms with van der Waals surface area (Å²) in [6.07, 6.45) is 7.01. The van der Waals surface area contributed by atoms with E-state index in [-0.39, 0.29) is 5.75 Å². The molecule has 0 spiro atoms. The summed E-state index contributed by atoms with van der Waals surface area (Å²) in [6.45, 7) is 10.5. The highest BCUT2D eigenvalue weighted by Gasteiger charge is 2.10. The van der Waals surface area contributed by atoms with Crippen LogP contribution in [-0.2, 0) is 6.54 Å². The average molecular weight is 403 g/mol. The smallest absolute Gasteiger partial charge is 0.133 e. The Morgan fingerprint density at radius 3 is 2.70 bits per heavy atom. The van der Waals surface area contributed by atoms with E-state index in [1.165, 1.54) is 11.9 Å². The van der Waals surface area contributed by atoms with Crippen LogP contribution in [0.4, 0.5) is 0 Å². The van der Waals surface area contributed by atoms with Crippen LogP contribution in [0.15, 0.2) is 35.4 Å². The summed E-state index contributed by atoms with van der Waals surface area (Å²) in [5, 5.41) is 10.7. The minimum atomic E-state index is 0.125. The van der Waals surface area contributed by atoms with Crippen LogP contribution in [0.2, 0.25) is 5.02 Å².